The van der Waals surface area contributed by atoms with Crippen LogP contribution in [-0.4, -0.2) is 28.1 Å². The first kappa shape index (κ1) is 17.2. The van der Waals surface area contributed by atoms with Gasteiger partial charge in [0.25, 0.3) is 5.56 Å². The van der Waals surface area contributed by atoms with E-state index in [1.54, 1.807) is 6.92 Å². The summed E-state index contributed by atoms with van der Waals surface area (Å²) in [6, 6.07) is 5.49. The second-order valence-electron chi connectivity index (χ2n) is 4.56. The fraction of sp³-hybridized carbons (Fsp3) is 0.200. The highest BCUT2D eigenvalue weighted by Crippen LogP contribution is 2.20. The van der Waals surface area contributed by atoms with Crippen LogP contribution in [0, 0.1) is 0 Å². The monoisotopic (exact) mass is 354 g/mol. The van der Waals surface area contributed by atoms with Gasteiger partial charge in [0, 0.05) is 17.0 Å². The van der Waals surface area contributed by atoms with Crippen LogP contribution in [0.25, 0.3) is 5.69 Å². The molecule has 0 aliphatic heterocycles. The molecule has 0 aliphatic carbocycles. The first-order valence-electron chi connectivity index (χ1n) is 6.62. The van der Waals surface area contributed by atoms with Gasteiger partial charge in [0.05, 0.1) is 12.3 Å². The molecule has 120 valence electrons. The molecular formula is C15H12Cl2N2O4. The zero-order valence-corrected chi connectivity index (χ0v) is 13.8. The van der Waals surface area contributed by atoms with Crippen LogP contribution in [0.15, 0.2) is 29.1 Å². The highest BCUT2D eigenvalue weighted by molar-refractivity contribution is 6.34. The summed E-state index contributed by atoms with van der Waals surface area (Å²) in [5.74, 6) is -1.23. The van der Waals surface area contributed by atoms with E-state index in [0.717, 1.165) is 10.7 Å². The van der Waals surface area contributed by atoms with E-state index in [9.17, 15) is 14.4 Å². The fourth-order valence-corrected chi connectivity index (χ4v) is 2.37. The standard InChI is InChI=1S/C15H12Cl2N2O4/c1-3-23-15(22)12-7-13(8(2)20)18-19(14(12)21)11-5-9(16)4-10(17)6-11/h4-7H,3H2,1-2H3. The maximum absolute atomic E-state index is 12.5. The molecule has 6 nitrogen and oxygen atoms in total. The van der Waals surface area contributed by atoms with Crippen LogP contribution in [0.2, 0.25) is 10.0 Å². The van der Waals surface area contributed by atoms with Crippen molar-refractivity contribution in [2.24, 2.45) is 0 Å². The van der Waals surface area contributed by atoms with Crippen LogP contribution in [0.3, 0.4) is 0 Å². The SMILES string of the molecule is CCOC(=O)c1cc(C(C)=O)nn(-c2cc(Cl)cc(Cl)c2)c1=O. The maximum atomic E-state index is 12.5. The number of carbonyl (C=O) groups excluding carboxylic acids is 2. The van der Waals surface area contributed by atoms with Crippen molar-refractivity contribution in [2.75, 3.05) is 6.61 Å². The van der Waals surface area contributed by atoms with Crippen LogP contribution in [0.1, 0.15) is 34.7 Å². The lowest BCUT2D eigenvalue weighted by atomic mass is 10.2. The Morgan fingerprint density at radius 1 is 1.17 bits per heavy atom. The highest BCUT2D eigenvalue weighted by atomic mass is 35.5. The molecule has 0 unspecified atom stereocenters. The average Bonchev–Trinajstić information content (AvgIpc) is 2.46. The Bertz CT molecular complexity index is 826. The molecule has 0 fully saturated rings. The Balaban J connectivity index is 2.74. The predicted octanol–water partition coefficient (Wildman–Crippen LogP) is 2.92. The third kappa shape index (κ3) is 3.78. The Kier molecular flexibility index (Phi) is 5.18. The van der Waals surface area contributed by atoms with Gasteiger partial charge in [-0.25, -0.2) is 4.79 Å². The molecule has 2 rings (SSSR count). The Labute approximate surface area is 141 Å². The number of rotatable bonds is 4. The minimum atomic E-state index is -0.829. The molecule has 0 radical (unpaired) electrons. The number of ether oxygens (including phenoxy) is 1. The van der Waals surface area contributed by atoms with E-state index >= 15 is 0 Å². The number of aromatic nitrogens is 2. The Hall–Kier alpha value is -2.18. The fourth-order valence-electron chi connectivity index (χ4n) is 1.86. The third-order valence-corrected chi connectivity index (χ3v) is 3.30. The van der Waals surface area contributed by atoms with Crippen LogP contribution >= 0.6 is 23.2 Å². The number of hydrogen-bond acceptors (Lipinski definition) is 5. The van der Waals surface area contributed by atoms with Gasteiger partial charge in [-0.15, -0.1) is 0 Å². The minimum Gasteiger partial charge on any atom is -0.462 e. The first-order chi connectivity index (χ1) is 10.8. The zero-order valence-electron chi connectivity index (χ0n) is 12.3. The van der Waals surface area contributed by atoms with E-state index in [0.29, 0.717) is 0 Å². The molecule has 8 heteroatoms. The first-order valence-corrected chi connectivity index (χ1v) is 7.38. The molecule has 0 saturated carbocycles. The molecule has 23 heavy (non-hydrogen) atoms. The molecule has 2 aromatic rings. The summed E-state index contributed by atoms with van der Waals surface area (Å²) in [6.45, 7) is 2.98. The molecule has 0 spiro atoms. The lowest BCUT2D eigenvalue weighted by Crippen LogP contribution is -2.30. The summed E-state index contributed by atoms with van der Waals surface area (Å²) < 4.78 is 5.74. The van der Waals surface area contributed by atoms with Crippen LogP contribution < -0.4 is 5.56 Å². The minimum absolute atomic E-state index is 0.0521. The topological polar surface area (TPSA) is 78.3 Å². The van der Waals surface area contributed by atoms with Gasteiger partial charge in [-0.2, -0.15) is 9.78 Å². The second kappa shape index (κ2) is 6.93. The van der Waals surface area contributed by atoms with E-state index in [1.165, 1.54) is 25.1 Å². The van der Waals surface area contributed by atoms with Crippen molar-refractivity contribution in [3.8, 4) is 5.69 Å². The Morgan fingerprint density at radius 3 is 2.30 bits per heavy atom. The van der Waals surface area contributed by atoms with Gasteiger partial charge in [-0.05, 0) is 31.2 Å². The van der Waals surface area contributed by atoms with Crippen molar-refractivity contribution in [2.45, 2.75) is 13.8 Å². The highest BCUT2D eigenvalue weighted by Gasteiger charge is 2.19. The average molecular weight is 355 g/mol. The van der Waals surface area contributed by atoms with Gasteiger partial charge < -0.3 is 4.74 Å². The van der Waals surface area contributed by atoms with Crippen LogP contribution in [0.4, 0.5) is 0 Å². The van der Waals surface area contributed by atoms with Crippen LogP contribution in [0.5, 0.6) is 0 Å². The van der Waals surface area contributed by atoms with Crippen molar-refractivity contribution in [1.29, 1.82) is 0 Å². The zero-order chi connectivity index (χ0) is 17.1. The molecule has 0 saturated heterocycles. The molecule has 1 aromatic carbocycles. The molecule has 1 heterocycles. The van der Waals surface area contributed by atoms with Gasteiger partial charge in [-0.1, -0.05) is 23.2 Å². The molecule has 0 atom stereocenters. The summed E-state index contributed by atoms with van der Waals surface area (Å²) in [7, 11) is 0. The maximum Gasteiger partial charge on any atom is 0.343 e. The number of ketones is 1. The number of esters is 1. The predicted molar refractivity (Wildman–Crippen MR) is 85.8 cm³/mol. The van der Waals surface area contributed by atoms with E-state index < -0.39 is 17.3 Å². The number of benzene rings is 1. The molecular weight excluding hydrogens is 343 g/mol. The van der Waals surface area contributed by atoms with E-state index in [-0.39, 0.29) is 33.6 Å². The van der Waals surface area contributed by atoms with Crippen molar-refractivity contribution in [1.82, 2.24) is 9.78 Å². The molecule has 0 N–H and O–H groups in total. The lowest BCUT2D eigenvalue weighted by molar-refractivity contribution is 0.0523. The molecule has 0 amide bonds. The van der Waals surface area contributed by atoms with Gasteiger partial charge in [-0.3, -0.25) is 9.59 Å². The number of halogens is 2. The summed E-state index contributed by atoms with van der Waals surface area (Å²) >= 11 is 11.8. The van der Waals surface area contributed by atoms with Crippen molar-refractivity contribution < 1.29 is 14.3 Å². The lowest BCUT2D eigenvalue weighted by Gasteiger charge is -2.10. The van der Waals surface area contributed by atoms with Crippen LogP contribution in [-0.2, 0) is 4.74 Å². The van der Waals surface area contributed by atoms with Crippen molar-refractivity contribution in [3.63, 3.8) is 0 Å². The molecule has 1 aromatic heterocycles. The Morgan fingerprint density at radius 2 is 1.78 bits per heavy atom. The van der Waals surface area contributed by atoms with E-state index in [2.05, 4.69) is 5.10 Å². The number of Topliss-reactive ketones (excluding diaryl/α,β-unsaturated/α-hetero) is 1. The van der Waals surface area contributed by atoms with Gasteiger partial charge in [0.15, 0.2) is 5.78 Å². The third-order valence-electron chi connectivity index (χ3n) is 2.86. The van der Waals surface area contributed by atoms with Crippen molar-refractivity contribution in [3.05, 3.63) is 55.9 Å². The number of nitrogens with zero attached hydrogens (tertiary/aromatic N) is 2. The van der Waals surface area contributed by atoms with E-state index in [4.69, 9.17) is 27.9 Å². The normalized spacial score (nSPS) is 10.4. The van der Waals surface area contributed by atoms with E-state index in [1.807, 2.05) is 0 Å². The van der Waals surface area contributed by atoms with Gasteiger partial charge in [0.1, 0.15) is 11.3 Å². The molecule has 0 aliphatic rings. The molecule has 0 bridgehead atoms. The summed E-state index contributed by atoms with van der Waals surface area (Å²) in [5.41, 5.74) is -0.833. The number of carbonyl (C=O) groups is 2. The second-order valence-corrected chi connectivity index (χ2v) is 5.44. The summed E-state index contributed by atoms with van der Waals surface area (Å²) in [6.07, 6.45) is 0. The summed E-state index contributed by atoms with van der Waals surface area (Å²) in [5, 5.41) is 4.53. The largest absolute Gasteiger partial charge is 0.462 e. The van der Waals surface area contributed by atoms with Crippen molar-refractivity contribution >= 4 is 35.0 Å². The number of hydrogen-bond donors (Lipinski definition) is 0. The van der Waals surface area contributed by atoms with Gasteiger partial charge >= 0.3 is 5.97 Å². The smallest absolute Gasteiger partial charge is 0.343 e. The quantitative estimate of drug-likeness (QED) is 0.623. The summed E-state index contributed by atoms with van der Waals surface area (Å²) in [4.78, 5) is 36.0. The van der Waals surface area contributed by atoms with Gasteiger partial charge in [0.2, 0.25) is 0 Å².